The molecule has 1 aliphatic carbocycles. The van der Waals surface area contributed by atoms with Gasteiger partial charge in [0.2, 0.25) is 0 Å². The molecule has 1 saturated carbocycles. The number of para-hydroxylation sites is 1. The number of pyridine rings is 1. The molecule has 0 spiro atoms. The van der Waals surface area contributed by atoms with E-state index < -0.39 is 0 Å². The van der Waals surface area contributed by atoms with E-state index in [1.54, 1.807) is 10.7 Å². The highest BCUT2D eigenvalue weighted by atomic mass is 15.3. The van der Waals surface area contributed by atoms with Crippen LogP contribution in [-0.4, -0.2) is 31.7 Å². The minimum absolute atomic E-state index is 0.332. The molecule has 1 aliphatic rings. The fourth-order valence-corrected chi connectivity index (χ4v) is 3.83. The molecule has 1 fully saturated rings. The van der Waals surface area contributed by atoms with E-state index in [1.165, 1.54) is 0 Å². The number of nitrogens with zero attached hydrogens (tertiary/aromatic N) is 4. The van der Waals surface area contributed by atoms with E-state index in [1.807, 2.05) is 36.5 Å². The van der Waals surface area contributed by atoms with E-state index in [-0.39, 0.29) is 0 Å². The molecule has 5 rings (SSSR count). The Kier molecular flexibility index (Phi) is 4.29. The van der Waals surface area contributed by atoms with Crippen LogP contribution < -0.4 is 16.4 Å². The van der Waals surface area contributed by atoms with Crippen LogP contribution in [0.5, 0.6) is 0 Å². The van der Waals surface area contributed by atoms with E-state index in [9.17, 15) is 0 Å². The van der Waals surface area contributed by atoms with Crippen molar-refractivity contribution >= 4 is 33.9 Å². The molecular weight excluding hydrogens is 350 g/mol. The Morgan fingerprint density at radius 2 is 1.86 bits per heavy atom. The minimum Gasteiger partial charge on any atom is -0.366 e. The number of fused-ring (bicyclic) bond motifs is 2. The molecule has 0 unspecified atom stereocenters. The summed E-state index contributed by atoms with van der Waals surface area (Å²) in [6.07, 6.45) is 7.86. The first-order valence-corrected chi connectivity index (χ1v) is 9.74. The summed E-state index contributed by atoms with van der Waals surface area (Å²) in [7, 11) is 0. The summed E-state index contributed by atoms with van der Waals surface area (Å²) < 4.78 is 1.79. The minimum atomic E-state index is 0.332. The fraction of sp³-hybridized carbons (Fsp3) is 0.286. The van der Waals surface area contributed by atoms with Crippen LogP contribution >= 0.6 is 0 Å². The van der Waals surface area contributed by atoms with Gasteiger partial charge >= 0.3 is 0 Å². The molecule has 0 bridgehead atoms. The van der Waals surface area contributed by atoms with Gasteiger partial charge in [-0.15, -0.1) is 5.10 Å². The van der Waals surface area contributed by atoms with Crippen molar-refractivity contribution in [3.63, 3.8) is 0 Å². The standard InChI is InChI=1S/C21H23N7/c22-15-6-8-16(9-7-15)24-20-13-18(21-23-11-12-28(21)27-20)26-19-10-5-14-3-1-2-4-17(14)25-19/h1-5,10-13,15-16H,6-9,22H2,(H,24,27)(H,25,26). The Bertz CT molecular complexity index is 1110. The molecule has 28 heavy (non-hydrogen) atoms. The Morgan fingerprint density at radius 3 is 2.75 bits per heavy atom. The third-order valence-corrected chi connectivity index (χ3v) is 5.34. The molecule has 0 amide bonds. The predicted octanol–water partition coefficient (Wildman–Crippen LogP) is 3.70. The predicted molar refractivity (Wildman–Crippen MR) is 112 cm³/mol. The normalized spacial score (nSPS) is 19.8. The van der Waals surface area contributed by atoms with Gasteiger partial charge in [-0.3, -0.25) is 0 Å². The van der Waals surface area contributed by atoms with Gasteiger partial charge in [-0.05, 0) is 43.9 Å². The SMILES string of the molecule is NC1CCC(Nc2cc(Nc3ccc4ccccc4n3)c3nccn3n2)CC1. The molecule has 0 radical (unpaired) electrons. The molecular formula is C21H23N7. The highest BCUT2D eigenvalue weighted by molar-refractivity contribution is 5.82. The second kappa shape index (κ2) is 7.09. The summed E-state index contributed by atoms with van der Waals surface area (Å²) in [6, 6.07) is 14.9. The van der Waals surface area contributed by atoms with Gasteiger partial charge in [0, 0.05) is 35.9 Å². The molecule has 0 aliphatic heterocycles. The number of benzene rings is 1. The first-order chi connectivity index (χ1) is 13.7. The lowest BCUT2D eigenvalue weighted by atomic mass is 9.92. The maximum absolute atomic E-state index is 6.03. The molecule has 0 saturated heterocycles. The van der Waals surface area contributed by atoms with E-state index in [0.717, 1.165) is 59.6 Å². The summed E-state index contributed by atoms with van der Waals surface area (Å²) in [5.74, 6) is 1.61. The number of rotatable bonds is 4. The summed E-state index contributed by atoms with van der Waals surface area (Å²) >= 11 is 0. The summed E-state index contributed by atoms with van der Waals surface area (Å²) in [5, 5.41) is 12.7. The van der Waals surface area contributed by atoms with Gasteiger partial charge in [0.05, 0.1) is 11.2 Å². The molecule has 7 heteroatoms. The fourth-order valence-electron chi connectivity index (χ4n) is 3.83. The highest BCUT2D eigenvalue weighted by Gasteiger charge is 2.19. The van der Waals surface area contributed by atoms with E-state index >= 15 is 0 Å². The van der Waals surface area contributed by atoms with Gasteiger partial charge < -0.3 is 16.4 Å². The molecule has 0 atom stereocenters. The Morgan fingerprint density at radius 1 is 1.00 bits per heavy atom. The molecule has 4 aromatic rings. The third kappa shape index (κ3) is 3.36. The van der Waals surface area contributed by atoms with Crippen LogP contribution in [0, 0.1) is 0 Å². The summed E-state index contributed by atoms with van der Waals surface area (Å²) in [4.78, 5) is 9.15. The first kappa shape index (κ1) is 16.9. The third-order valence-electron chi connectivity index (χ3n) is 5.34. The number of hydrogen-bond donors (Lipinski definition) is 3. The van der Waals surface area contributed by atoms with Crippen LogP contribution in [0.3, 0.4) is 0 Å². The average molecular weight is 373 g/mol. The van der Waals surface area contributed by atoms with Gasteiger partial charge in [0.1, 0.15) is 11.6 Å². The highest BCUT2D eigenvalue weighted by Crippen LogP contribution is 2.26. The van der Waals surface area contributed by atoms with Gasteiger partial charge in [0.25, 0.3) is 0 Å². The van der Waals surface area contributed by atoms with Crippen LogP contribution in [0.2, 0.25) is 0 Å². The van der Waals surface area contributed by atoms with Crippen LogP contribution in [-0.2, 0) is 0 Å². The van der Waals surface area contributed by atoms with Gasteiger partial charge in [0.15, 0.2) is 5.65 Å². The molecule has 1 aromatic carbocycles. The zero-order valence-corrected chi connectivity index (χ0v) is 15.5. The van der Waals surface area contributed by atoms with Crippen molar-refractivity contribution in [3.8, 4) is 0 Å². The van der Waals surface area contributed by atoms with Gasteiger partial charge in [-0.2, -0.15) is 0 Å². The number of hydrogen-bond acceptors (Lipinski definition) is 6. The zero-order chi connectivity index (χ0) is 18.9. The van der Waals surface area contributed by atoms with Crippen molar-refractivity contribution in [3.05, 3.63) is 54.9 Å². The molecule has 3 heterocycles. The zero-order valence-electron chi connectivity index (χ0n) is 15.5. The van der Waals surface area contributed by atoms with Crippen molar-refractivity contribution in [2.24, 2.45) is 5.73 Å². The van der Waals surface area contributed by atoms with Crippen molar-refractivity contribution in [2.75, 3.05) is 10.6 Å². The van der Waals surface area contributed by atoms with E-state index in [4.69, 9.17) is 10.7 Å². The second-order valence-corrected chi connectivity index (χ2v) is 7.41. The van der Waals surface area contributed by atoms with E-state index in [2.05, 4.69) is 32.8 Å². The summed E-state index contributed by atoms with van der Waals surface area (Å²) in [5.41, 5.74) is 8.63. The summed E-state index contributed by atoms with van der Waals surface area (Å²) in [6.45, 7) is 0. The number of aromatic nitrogens is 4. The molecule has 142 valence electrons. The van der Waals surface area contributed by atoms with Crippen LogP contribution in [0.1, 0.15) is 25.7 Å². The lowest BCUT2D eigenvalue weighted by Gasteiger charge is -2.27. The topological polar surface area (TPSA) is 93.2 Å². The smallest absolute Gasteiger partial charge is 0.177 e. The van der Waals surface area contributed by atoms with Crippen LogP contribution in [0.25, 0.3) is 16.6 Å². The lowest BCUT2D eigenvalue weighted by molar-refractivity contribution is 0.410. The Hall–Kier alpha value is -3.19. The van der Waals surface area contributed by atoms with Crippen molar-refractivity contribution < 1.29 is 0 Å². The molecule has 3 aromatic heterocycles. The maximum atomic E-state index is 6.03. The van der Waals surface area contributed by atoms with Crippen molar-refractivity contribution in [1.29, 1.82) is 0 Å². The average Bonchev–Trinajstić information content (AvgIpc) is 3.19. The quantitative estimate of drug-likeness (QED) is 0.505. The van der Waals surface area contributed by atoms with Crippen LogP contribution in [0.15, 0.2) is 54.9 Å². The van der Waals surface area contributed by atoms with Gasteiger partial charge in [-0.25, -0.2) is 14.5 Å². The number of imidazole rings is 1. The van der Waals surface area contributed by atoms with Crippen molar-refractivity contribution in [1.82, 2.24) is 19.6 Å². The number of nitrogens with two attached hydrogens (primary N) is 1. The largest absolute Gasteiger partial charge is 0.366 e. The molecule has 7 nitrogen and oxygen atoms in total. The number of anilines is 3. The van der Waals surface area contributed by atoms with Crippen LogP contribution in [0.4, 0.5) is 17.3 Å². The Balaban J connectivity index is 1.45. The lowest BCUT2D eigenvalue weighted by Crippen LogP contribution is -2.33. The van der Waals surface area contributed by atoms with Crippen molar-refractivity contribution in [2.45, 2.75) is 37.8 Å². The Labute approximate surface area is 163 Å². The monoisotopic (exact) mass is 373 g/mol. The maximum Gasteiger partial charge on any atom is 0.177 e. The first-order valence-electron chi connectivity index (χ1n) is 9.74. The van der Waals surface area contributed by atoms with Gasteiger partial charge in [-0.1, -0.05) is 18.2 Å². The number of nitrogens with one attached hydrogen (secondary N) is 2. The second-order valence-electron chi connectivity index (χ2n) is 7.41. The molecule has 4 N–H and O–H groups in total. The van der Waals surface area contributed by atoms with E-state index in [0.29, 0.717) is 12.1 Å².